The lowest BCUT2D eigenvalue weighted by Gasteiger charge is -2.18. The van der Waals surface area contributed by atoms with E-state index in [9.17, 15) is 14.4 Å². The maximum absolute atomic E-state index is 12.9. The monoisotopic (exact) mass is 1060 g/mol. The summed E-state index contributed by atoms with van der Waals surface area (Å²) in [6, 6.07) is 0. The Labute approximate surface area is 472 Å². The lowest BCUT2D eigenvalue weighted by atomic mass is 10.1. The molecule has 0 heterocycles. The Hall–Kier alpha value is -2.89. The fourth-order valence-corrected chi connectivity index (χ4v) is 9.68. The summed E-state index contributed by atoms with van der Waals surface area (Å²) >= 11 is 0. The van der Waals surface area contributed by atoms with Crippen molar-refractivity contribution in [3.8, 4) is 0 Å². The standard InChI is InChI=1S/C70H126O6/c1-4-7-10-13-16-19-22-25-28-31-34-35-37-39-42-45-48-51-54-57-60-63-69(72)75-66-67(65-74-68(71)62-59-56-53-50-47-44-41-38-33-30-27-24-21-18-15-12-9-6-3)76-70(73)64-61-58-55-52-49-46-43-40-36-32-29-26-23-20-17-14-11-8-5-2/h17,20,26,29-31,33-34,36,40,67H,4-16,18-19,21-25,27-28,32,35,37-39,41-66H2,1-3H3/b20-17-,29-26-,33-30-,34-31-,40-36-. The zero-order valence-electron chi connectivity index (χ0n) is 50.8. The Morgan fingerprint density at radius 3 is 0.776 bits per heavy atom. The van der Waals surface area contributed by atoms with Gasteiger partial charge < -0.3 is 14.2 Å². The zero-order valence-corrected chi connectivity index (χ0v) is 50.8. The molecule has 76 heavy (non-hydrogen) atoms. The first kappa shape index (κ1) is 73.1. The number of carbonyl (C=O) groups excluding carboxylic acids is 3. The number of esters is 3. The predicted octanol–water partition coefficient (Wildman–Crippen LogP) is 22.7. The molecule has 0 saturated heterocycles. The molecule has 0 rings (SSSR count). The van der Waals surface area contributed by atoms with Crippen LogP contribution in [0.3, 0.4) is 0 Å². The van der Waals surface area contributed by atoms with Crippen molar-refractivity contribution in [2.45, 2.75) is 354 Å². The van der Waals surface area contributed by atoms with Gasteiger partial charge in [0, 0.05) is 19.3 Å². The average molecular weight is 1060 g/mol. The molecule has 1 atom stereocenters. The minimum atomic E-state index is -0.785. The van der Waals surface area contributed by atoms with Gasteiger partial charge in [-0.2, -0.15) is 0 Å². The second-order valence-electron chi connectivity index (χ2n) is 22.4. The molecule has 0 fully saturated rings. The first-order valence-corrected chi connectivity index (χ1v) is 33.3. The third kappa shape index (κ3) is 62.0. The molecule has 1 unspecified atom stereocenters. The molecular weight excluding hydrogens is 937 g/mol. The maximum atomic E-state index is 12.9. The molecule has 6 heteroatoms. The number of ether oxygens (including phenoxy) is 3. The lowest BCUT2D eigenvalue weighted by Crippen LogP contribution is -2.30. The van der Waals surface area contributed by atoms with E-state index in [-0.39, 0.29) is 31.1 Å². The minimum Gasteiger partial charge on any atom is -0.462 e. The van der Waals surface area contributed by atoms with Crippen LogP contribution in [0.2, 0.25) is 0 Å². The maximum Gasteiger partial charge on any atom is 0.306 e. The molecule has 0 radical (unpaired) electrons. The number of rotatable bonds is 61. The van der Waals surface area contributed by atoms with Crippen LogP contribution < -0.4 is 0 Å². The molecule has 0 bridgehead atoms. The second kappa shape index (κ2) is 64.6. The van der Waals surface area contributed by atoms with Crippen molar-refractivity contribution < 1.29 is 28.6 Å². The highest BCUT2D eigenvalue weighted by atomic mass is 16.6. The normalized spacial score (nSPS) is 12.4. The van der Waals surface area contributed by atoms with Gasteiger partial charge in [-0.3, -0.25) is 14.4 Å². The Morgan fingerprint density at radius 1 is 0.263 bits per heavy atom. The van der Waals surface area contributed by atoms with Gasteiger partial charge in [0.1, 0.15) is 13.2 Å². The zero-order chi connectivity index (χ0) is 55.0. The summed E-state index contributed by atoms with van der Waals surface area (Å²) in [5, 5.41) is 0. The Balaban J connectivity index is 4.38. The van der Waals surface area contributed by atoms with E-state index in [4.69, 9.17) is 14.2 Å². The van der Waals surface area contributed by atoms with Crippen molar-refractivity contribution in [3.05, 3.63) is 60.8 Å². The first-order valence-electron chi connectivity index (χ1n) is 33.3. The van der Waals surface area contributed by atoms with Gasteiger partial charge in [-0.15, -0.1) is 0 Å². The average Bonchev–Trinajstić information content (AvgIpc) is 3.42. The van der Waals surface area contributed by atoms with Gasteiger partial charge in [0.05, 0.1) is 0 Å². The van der Waals surface area contributed by atoms with Gasteiger partial charge in [-0.1, -0.05) is 281 Å². The Morgan fingerprint density at radius 2 is 0.474 bits per heavy atom. The number of allylic oxidation sites excluding steroid dienone is 10. The second-order valence-corrected chi connectivity index (χ2v) is 22.4. The number of carbonyl (C=O) groups is 3. The molecule has 6 nitrogen and oxygen atoms in total. The summed E-state index contributed by atoms with van der Waals surface area (Å²) in [6.45, 7) is 6.64. The third-order valence-corrected chi connectivity index (χ3v) is 14.7. The van der Waals surface area contributed by atoms with Crippen LogP contribution >= 0.6 is 0 Å². The van der Waals surface area contributed by atoms with E-state index < -0.39 is 6.10 Å². The van der Waals surface area contributed by atoms with E-state index in [0.717, 1.165) is 83.5 Å². The molecule has 0 saturated carbocycles. The van der Waals surface area contributed by atoms with Crippen molar-refractivity contribution in [2.24, 2.45) is 0 Å². The molecule has 0 aliphatic heterocycles. The van der Waals surface area contributed by atoms with Crippen LogP contribution in [0, 0.1) is 0 Å². The van der Waals surface area contributed by atoms with Crippen molar-refractivity contribution in [2.75, 3.05) is 13.2 Å². The quantitative estimate of drug-likeness (QED) is 0.0261. The van der Waals surface area contributed by atoms with Gasteiger partial charge >= 0.3 is 17.9 Å². The highest BCUT2D eigenvalue weighted by molar-refractivity contribution is 5.71. The molecule has 0 spiro atoms. The van der Waals surface area contributed by atoms with Crippen LogP contribution in [0.1, 0.15) is 348 Å². The van der Waals surface area contributed by atoms with Gasteiger partial charge in [0.15, 0.2) is 6.10 Å². The van der Waals surface area contributed by atoms with Crippen LogP contribution in [0.4, 0.5) is 0 Å². The fraction of sp³-hybridized carbons (Fsp3) is 0.814. The van der Waals surface area contributed by atoms with Crippen molar-refractivity contribution in [1.29, 1.82) is 0 Å². The summed E-state index contributed by atoms with van der Waals surface area (Å²) < 4.78 is 17.0. The summed E-state index contributed by atoms with van der Waals surface area (Å²) in [6.07, 6.45) is 82.2. The van der Waals surface area contributed by atoms with Gasteiger partial charge in [0.25, 0.3) is 0 Å². The minimum absolute atomic E-state index is 0.0802. The molecule has 442 valence electrons. The highest BCUT2D eigenvalue weighted by Gasteiger charge is 2.19. The Kier molecular flexibility index (Phi) is 62.2. The molecule has 0 aromatic rings. The molecule has 0 aliphatic rings. The van der Waals surface area contributed by atoms with Crippen LogP contribution in [-0.4, -0.2) is 37.2 Å². The molecule has 0 aromatic heterocycles. The fourth-order valence-electron chi connectivity index (χ4n) is 9.68. The van der Waals surface area contributed by atoms with Crippen molar-refractivity contribution in [3.63, 3.8) is 0 Å². The smallest absolute Gasteiger partial charge is 0.306 e. The number of hydrogen-bond acceptors (Lipinski definition) is 6. The molecule has 0 aromatic carbocycles. The summed E-state index contributed by atoms with van der Waals surface area (Å²) in [5.41, 5.74) is 0. The lowest BCUT2D eigenvalue weighted by molar-refractivity contribution is -0.167. The van der Waals surface area contributed by atoms with Crippen LogP contribution in [0.25, 0.3) is 0 Å². The van der Waals surface area contributed by atoms with Crippen molar-refractivity contribution >= 4 is 17.9 Å². The molecule has 0 N–H and O–H groups in total. The summed E-state index contributed by atoms with van der Waals surface area (Å²) in [4.78, 5) is 38.4. The largest absolute Gasteiger partial charge is 0.462 e. The first-order chi connectivity index (χ1) is 37.5. The predicted molar refractivity (Wildman–Crippen MR) is 330 cm³/mol. The van der Waals surface area contributed by atoms with Gasteiger partial charge in [0.2, 0.25) is 0 Å². The SMILES string of the molecule is CCCCC/C=C\C/C=C\C/C=C\CCCCCCCCC(=O)OC(COC(=O)CCCCCCCCC/C=C\CCCCCCCCC)COC(=O)CCCCCCCCCCC/C=C\CCCCCCCCCC. The summed E-state index contributed by atoms with van der Waals surface area (Å²) in [7, 11) is 0. The van der Waals surface area contributed by atoms with Crippen molar-refractivity contribution in [1.82, 2.24) is 0 Å². The van der Waals surface area contributed by atoms with E-state index >= 15 is 0 Å². The topological polar surface area (TPSA) is 78.9 Å². The third-order valence-electron chi connectivity index (χ3n) is 14.7. The van der Waals surface area contributed by atoms with Crippen LogP contribution in [-0.2, 0) is 28.6 Å². The number of hydrogen-bond donors (Lipinski definition) is 0. The van der Waals surface area contributed by atoms with Gasteiger partial charge in [-0.05, 0) is 109 Å². The van der Waals surface area contributed by atoms with E-state index in [1.807, 2.05) is 0 Å². The van der Waals surface area contributed by atoms with E-state index in [0.29, 0.717) is 19.3 Å². The van der Waals surface area contributed by atoms with E-state index in [1.54, 1.807) is 0 Å². The molecule has 0 amide bonds. The van der Waals surface area contributed by atoms with E-state index in [2.05, 4.69) is 81.5 Å². The summed E-state index contributed by atoms with van der Waals surface area (Å²) in [5.74, 6) is -0.880. The van der Waals surface area contributed by atoms with Crippen LogP contribution in [0.15, 0.2) is 60.8 Å². The number of unbranched alkanes of at least 4 members (excludes halogenated alkanes) is 40. The van der Waals surface area contributed by atoms with Gasteiger partial charge in [-0.25, -0.2) is 0 Å². The molecular formula is C70H126O6. The van der Waals surface area contributed by atoms with Crippen LogP contribution in [0.5, 0.6) is 0 Å². The Bertz CT molecular complexity index is 1360. The van der Waals surface area contributed by atoms with E-state index in [1.165, 1.54) is 225 Å². The highest BCUT2D eigenvalue weighted by Crippen LogP contribution is 2.16. The molecule has 0 aliphatic carbocycles.